The van der Waals surface area contributed by atoms with E-state index >= 15 is 0 Å². The summed E-state index contributed by atoms with van der Waals surface area (Å²) in [6.45, 7) is 1.29. The molecule has 0 fully saturated rings. The summed E-state index contributed by atoms with van der Waals surface area (Å²) in [5.41, 5.74) is 0.397. The van der Waals surface area contributed by atoms with Crippen molar-refractivity contribution in [1.82, 2.24) is 4.98 Å². The molecule has 1 aromatic heterocycles. The molecule has 28 heavy (non-hydrogen) atoms. The molecule has 0 saturated carbocycles. The predicted molar refractivity (Wildman–Crippen MR) is 102 cm³/mol. The van der Waals surface area contributed by atoms with E-state index in [0.717, 1.165) is 11.5 Å². The van der Waals surface area contributed by atoms with Crippen LogP contribution < -0.4 is 4.74 Å². The van der Waals surface area contributed by atoms with E-state index in [1.165, 1.54) is 31.2 Å². The largest absolute Gasteiger partial charge is 0.424 e. The van der Waals surface area contributed by atoms with Crippen LogP contribution in [0.4, 0.5) is 11.4 Å². The van der Waals surface area contributed by atoms with Crippen LogP contribution in [0.3, 0.4) is 0 Å². The number of fused-ring (bicyclic) bond motifs is 1. The van der Waals surface area contributed by atoms with Crippen LogP contribution in [0.1, 0.15) is 18.2 Å². The number of esters is 1. The van der Waals surface area contributed by atoms with Crippen molar-refractivity contribution >= 4 is 40.4 Å². The van der Waals surface area contributed by atoms with Crippen molar-refractivity contribution in [3.63, 3.8) is 0 Å². The van der Waals surface area contributed by atoms with Gasteiger partial charge in [-0.15, -0.1) is 0 Å². The monoisotopic (exact) mass is 379 g/mol. The molecule has 140 valence electrons. The molecule has 0 spiro atoms. The van der Waals surface area contributed by atoms with Crippen LogP contribution in [0.25, 0.3) is 23.1 Å². The molecular weight excluding hydrogens is 366 g/mol. The van der Waals surface area contributed by atoms with E-state index in [0.29, 0.717) is 17.0 Å². The third kappa shape index (κ3) is 3.98. The summed E-state index contributed by atoms with van der Waals surface area (Å²) in [5.74, 6) is -0.168. The third-order valence-corrected chi connectivity index (χ3v) is 3.81. The highest BCUT2D eigenvalue weighted by Crippen LogP contribution is 2.27. The zero-order chi connectivity index (χ0) is 20.3. The Kier molecular flexibility index (Phi) is 5.07. The molecule has 0 unspecified atom stereocenters. The highest BCUT2D eigenvalue weighted by molar-refractivity contribution is 5.88. The summed E-state index contributed by atoms with van der Waals surface area (Å²) in [5, 5.41) is 22.8. The van der Waals surface area contributed by atoms with Crippen molar-refractivity contribution in [1.29, 1.82) is 0 Å². The molecule has 0 bridgehead atoms. The Labute approximate surface area is 158 Å². The average molecular weight is 379 g/mol. The number of pyridine rings is 1. The number of ether oxygens (including phenoxy) is 1. The maximum Gasteiger partial charge on any atom is 0.308 e. The van der Waals surface area contributed by atoms with Crippen molar-refractivity contribution in [3.8, 4) is 5.75 Å². The van der Waals surface area contributed by atoms with Gasteiger partial charge in [0.1, 0.15) is 5.52 Å². The second-order valence-electron chi connectivity index (χ2n) is 5.75. The number of carbonyl (C=O) groups is 1. The molecule has 0 atom stereocenters. The molecule has 0 saturated heterocycles. The Hall–Kier alpha value is -4.14. The van der Waals surface area contributed by atoms with Gasteiger partial charge in [0.2, 0.25) is 0 Å². The summed E-state index contributed by atoms with van der Waals surface area (Å²) in [6.07, 6.45) is 2.99. The van der Waals surface area contributed by atoms with Gasteiger partial charge in [0.05, 0.1) is 27.2 Å². The Bertz CT molecular complexity index is 1140. The van der Waals surface area contributed by atoms with Gasteiger partial charge >= 0.3 is 5.97 Å². The molecule has 9 nitrogen and oxygen atoms in total. The summed E-state index contributed by atoms with van der Waals surface area (Å²) < 4.78 is 5.15. The quantitative estimate of drug-likeness (QED) is 0.282. The minimum atomic E-state index is -0.693. The number of aromatic nitrogens is 1. The number of nitro groups is 2. The van der Waals surface area contributed by atoms with E-state index in [4.69, 9.17) is 4.74 Å². The van der Waals surface area contributed by atoms with Gasteiger partial charge in [0.25, 0.3) is 11.4 Å². The number of nitro benzene ring substituents is 2. The standard InChI is InChI=1S/C19H13N3O6/c1-12(23)28-18-4-2-3-14-6-9-15(20-19(14)18)8-5-13-7-10-16(21(24)25)11-17(13)22(26)27/h2-11H,1H3/b8-5+. The minimum absolute atomic E-state index is 0.200. The maximum atomic E-state index is 11.3. The van der Waals surface area contributed by atoms with E-state index < -0.39 is 15.8 Å². The van der Waals surface area contributed by atoms with Crippen molar-refractivity contribution in [2.45, 2.75) is 6.92 Å². The summed E-state index contributed by atoms with van der Waals surface area (Å²) in [6, 6.07) is 12.0. The maximum absolute atomic E-state index is 11.3. The number of para-hydroxylation sites is 1. The fourth-order valence-corrected chi connectivity index (χ4v) is 2.58. The van der Waals surface area contributed by atoms with Crippen LogP contribution >= 0.6 is 0 Å². The molecule has 9 heteroatoms. The number of non-ortho nitro benzene ring substituents is 1. The molecule has 3 aromatic rings. The van der Waals surface area contributed by atoms with Gasteiger partial charge in [0, 0.05) is 18.4 Å². The van der Waals surface area contributed by atoms with E-state index in [-0.39, 0.29) is 16.9 Å². The minimum Gasteiger partial charge on any atom is -0.424 e. The average Bonchev–Trinajstić information content (AvgIpc) is 2.66. The third-order valence-electron chi connectivity index (χ3n) is 3.81. The van der Waals surface area contributed by atoms with E-state index in [9.17, 15) is 25.0 Å². The van der Waals surface area contributed by atoms with Crippen LogP contribution in [0.15, 0.2) is 48.5 Å². The fraction of sp³-hybridized carbons (Fsp3) is 0.0526. The number of benzene rings is 2. The summed E-state index contributed by atoms with van der Waals surface area (Å²) >= 11 is 0. The Morgan fingerprint density at radius 2 is 1.82 bits per heavy atom. The Balaban J connectivity index is 2.00. The first kappa shape index (κ1) is 18.6. The van der Waals surface area contributed by atoms with E-state index in [1.54, 1.807) is 24.3 Å². The SMILES string of the molecule is CC(=O)Oc1cccc2ccc(/C=C/c3ccc([N+](=O)[O-])cc3[N+](=O)[O-])nc12. The predicted octanol–water partition coefficient (Wildman–Crippen LogP) is 4.15. The second-order valence-corrected chi connectivity index (χ2v) is 5.75. The first-order valence-electron chi connectivity index (χ1n) is 8.04. The molecule has 1 heterocycles. The second kappa shape index (κ2) is 7.62. The van der Waals surface area contributed by atoms with Gasteiger partial charge < -0.3 is 4.74 Å². The smallest absolute Gasteiger partial charge is 0.308 e. The molecule has 0 aliphatic heterocycles. The van der Waals surface area contributed by atoms with Crippen molar-refractivity contribution in [2.75, 3.05) is 0 Å². The van der Waals surface area contributed by atoms with Crippen LogP contribution in [-0.4, -0.2) is 20.8 Å². The molecule has 0 amide bonds. The van der Waals surface area contributed by atoms with Gasteiger partial charge in [-0.25, -0.2) is 4.98 Å². The molecule has 0 N–H and O–H groups in total. The highest BCUT2D eigenvalue weighted by Gasteiger charge is 2.17. The fourth-order valence-electron chi connectivity index (χ4n) is 2.58. The van der Waals surface area contributed by atoms with Gasteiger partial charge in [-0.3, -0.25) is 25.0 Å². The number of carbonyl (C=O) groups excluding carboxylic acids is 1. The number of hydrogen-bond donors (Lipinski definition) is 0. The Morgan fingerprint density at radius 1 is 1.04 bits per heavy atom. The Morgan fingerprint density at radius 3 is 2.50 bits per heavy atom. The lowest BCUT2D eigenvalue weighted by atomic mass is 10.1. The van der Waals surface area contributed by atoms with Crippen LogP contribution in [0.2, 0.25) is 0 Å². The molecular formula is C19H13N3O6. The molecule has 3 rings (SSSR count). The van der Waals surface area contributed by atoms with Crippen molar-refractivity contribution in [3.05, 3.63) is 80.0 Å². The van der Waals surface area contributed by atoms with Crippen molar-refractivity contribution < 1.29 is 19.4 Å². The van der Waals surface area contributed by atoms with E-state index in [2.05, 4.69) is 4.98 Å². The lowest BCUT2D eigenvalue weighted by Gasteiger charge is -2.06. The first-order valence-corrected chi connectivity index (χ1v) is 8.04. The topological polar surface area (TPSA) is 125 Å². The number of hydrogen-bond acceptors (Lipinski definition) is 7. The zero-order valence-corrected chi connectivity index (χ0v) is 14.6. The summed E-state index contributed by atoms with van der Waals surface area (Å²) in [7, 11) is 0. The molecule has 0 aliphatic rings. The van der Waals surface area contributed by atoms with Crippen LogP contribution in [0.5, 0.6) is 5.75 Å². The van der Waals surface area contributed by atoms with E-state index in [1.807, 2.05) is 6.07 Å². The molecule has 0 radical (unpaired) electrons. The number of rotatable bonds is 5. The highest BCUT2D eigenvalue weighted by atomic mass is 16.6. The van der Waals surface area contributed by atoms with Gasteiger partial charge in [-0.1, -0.05) is 18.2 Å². The first-order chi connectivity index (χ1) is 13.3. The zero-order valence-electron chi connectivity index (χ0n) is 14.6. The van der Waals surface area contributed by atoms with Crippen LogP contribution in [0, 0.1) is 20.2 Å². The van der Waals surface area contributed by atoms with Gasteiger partial charge in [0.15, 0.2) is 5.75 Å². The molecule has 2 aromatic carbocycles. The number of nitrogens with zero attached hydrogens (tertiary/aromatic N) is 3. The van der Waals surface area contributed by atoms with Crippen molar-refractivity contribution in [2.24, 2.45) is 0 Å². The molecule has 0 aliphatic carbocycles. The normalized spacial score (nSPS) is 10.9. The van der Waals surface area contributed by atoms with Gasteiger partial charge in [-0.2, -0.15) is 0 Å². The lowest BCUT2D eigenvalue weighted by molar-refractivity contribution is -0.394. The lowest BCUT2D eigenvalue weighted by Crippen LogP contribution is -2.02. The van der Waals surface area contributed by atoms with Gasteiger partial charge in [-0.05, 0) is 30.4 Å². The summed E-state index contributed by atoms with van der Waals surface area (Å²) in [4.78, 5) is 36.3. The van der Waals surface area contributed by atoms with Crippen LogP contribution in [-0.2, 0) is 4.79 Å².